The number of hydrogen-bond donors (Lipinski definition) is 1. The number of allylic oxidation sites excluding steroid dienone is 1. The first-order valence-corrected chi connectivity index (χ1v) is 3.64. The molecule has 1 atom stereocenters. The summed E-state index contributed by atoms with van der Waals surface area (Å²) >= 11 is 0. The Kier molecular flexibility index (Phi) is 1.14. The van der Waals surface area contributed by atoms with E-state index in [9.17, 15) is 5.11 Å². The molecule has 0 spiro atoms. The maximum Gasteiger partial charge on any atom is 0.144 e. The molecule has 0 aromatic heterocycles. The number of aliphatic hydroxyl groups excluding tert-OH is 1. The summed E-state index contributed by atoms with van der Waals surface area (Å²) in [6.45, 7) is 4.85. The highest BCUT2D eigenvalue weighted by atomic mass is 16.3. The van der Waals surface area contributed by atoms with Crippen molar-refractivity contribution in [3.63, 3.8) is 0 Å². The highest BCUT2D eigenvalue weighted by Crippen LogP contribution is 2.20. The Labute approximate surface area is 60.5 Å². The van der Waals surface area contributed by atoms with Gasteiger partial charge >= 0.3 is 0 Å². The predicted octanol–water partition coefficient (Wildman–Crippen LogP) is -0.203. The van der Waals surface area contributed by atoms with Crippen LogP contribution in [0.15, 0.2) is 11.9 Å². The van der Waals surface area contributed by atoms with Crippen LogP contribution in [0.4, 0.5) is 0 Å². The van der Waals surface area contributed by atoms with Crippen molar-refractivity contribution in [2.75, 3.05) is 19.6 Å². The van der Waals surface area contributed by atoms with E-state index in [1.54, 1.807) is 0 Å². The summed E-state index contributed by atoms with van der Waals surface area (Å²) in [5.74, 6) is 0. The minimum Gasteiger partial charge on any atom is -0.372 e. The van der Waals surface area contributed by atoms with Crippen LogP contribution in [0.2, 0.25) is 0 Å². The summed E-state index contributed by atoms with van der Waals surface area (Å²) in [6, 6.07) is 0. The fourth-order valence-corrected chi connectivity index (χ4v) is 1.65. The molecule has 0 aromatic rings. The van der Waals surface area contributed by atoms with Crippen LogP contribution in [0.25, 0.3) is 0 Å². The van der Waals surface area contributed by atoms with Crippen LogP contribution in [0, 0.1) is 0 Å². The van der Waals surface area contributed by atoms with Crippen molar-refractivity contribution in [2.45, 2.75) is 13.2 Å². The Balaban J connectivity index is 2.27. The summed E-state index contributed by atoms with van der Waals surface area (Å²) in [7, 11) is 0. The third-order valence-corrected chi connectivity index (χ3v) is 2.21. The summed E-state index contributed by atoms with van der Waals surface area (Å²) in [5.41, 5.74) is 1.19. The lowest BCUT2D eigenvalue weighted by Gasteiger charge is -2.45. The van der Waals surface area contributed by atoms with E-state index in [4.69, 9.17) is 0 Å². The molecule has 3 heteroatoms. The molecule has 3 rings (SSSR count). The summed E-state index contributed by atoms with van der Waals surface area (Å²) in [6.07, 6.45) is 1.84. The van der Waals surface area contributed by atoms with Gasteiger partial charge in [0.25, 0.3) is 0 Å². The van der Waals surface area contributed by atoms with Crippen molar-refractivity contribution in [3.8, 4) is 0 Å². The molecule has 56 valence electrons. The molecule has 0 amide bonds. The molecule has 3 aliphatic heterocycles. The molecule has 1 fully saturated rings. The lowest BCUT2D eigenvalue weighted by molar-refractivity contribution is -0.0403. The van der Waals surface area contributed by atoms with Crippen molar-refractivity contribution >= 4 is 0 Å². The molecule has 3 nitrogen and oxygen atoms in total. The largest absolute Gasteiger partial charge is 0.372 e. The first-order chi connectivity index (χ1) is 4.77. The highest BCUT2D eigenvalue weighted by Gasteiger charge is 2.28. The van der Waals surface area contributed by atoms with Crippen molar-refractivity contribution in [3.05, 3.63) is 11.9 Å². The minimum absolute atomic E-state index is 0.265. The lowest BCUT2D eigenvalue weighted by atomic mass is 10.2. The molecule has 1 saturated heterocycles. The average Bonchev–Trinajstić information content (AvgIpc) is 1.86. The molecular weight excluding hydrogens is 128 g/mol. The average molecular weight is 140 g/mol. The third-order valence-electron chi connectivity index (χ3n) is 2.21. The summed E-state index contributed by atoms with van der Waals surface area (Å²) < 4.78 is 0. The van der Waals surface area contributed by atoms with E-state index >= 15 is 0 Å². The van der Waals surface area contributed by atoms with Gasteiger partial charge in [-0.3, -0.25) is 0 Å². The van der Waals surface area contributed by atoms with Crippen LogP contribution in [0.1, 0.15) is 6.92 Å². The Morgan fingerprint density at radius 3 is 2.80 bits per heavy atom. The Morgan fingerprint density at radius 2 is 2.40 bits per heavy atom. The zero-order valence-corrected chi connectivity index (χ0v) is 6.12. The number of aliphatic hydroxyl groups is 1. The van der Waals surface area contributed by atoms with E-state index in [2.05, 4.69) is 11.1 Å². The number of nitrogens with zero attached hydrogens (tertiary/aromatic N) is 2. The van der Waals surface area contributed by atoms with Crippen molar-refractivity contribution in [1.82, 2.24) is 9.80 Å². The molecule has 2 bridgehead atoms. The van der Waals surface area contributed by atoms with Crippen molar-refractivity contribution < 1.29 is 5.11 Å². The van der Waals surface area contributed by atoms with Gasteiger partial charge in [-0.15, -0.1) is 0 Å². The number of fused-ring (bicyclic) bond motifs is 2. The fraction of sp³-hybridized carbons (Fsp3) is 0.714. The van der Waals surface area contributed by atoms with Gasteiger partial charge in [0, 0.05) is 25.0 Å². The van der Waals surface area contributed by atoms with Crippen LogP contribution >= 0.6 is 0 Å². The van der Waals surface area contributed by atoms with E-state index in [0.29, 0.717) is 0 Å². The third kappa shape index (κ3) is 0.703. The van der Waals surface area contributed by atoms with Gasteiger partial charge in [0.05, 0.1) is 6.54 Å². The number of hydrogen-bond acceptors (Lipinski definition) is 3. The maximum absolute atomic E-state index is 9.41. The molecule has 0 saturated carbocycles. The van der Waals surface area contributed by atoms with Gasteiger partial charge in [0.1, 0.15) is 6.23 Å². The Morgan fingerprint density at radius 1 is 1.60 bits per heavy atom. The van der Waals surface area contributed by atoms with Gasteiger partial charge in [0.2, 0.25) is 0 Å². The van der Waals surface area contributed by atoms with Gasteiger partial charge in [0.15, 0.2) is 0 Å². The van der Waals surface area contributed by atoms with Crippen LogP contribution in [0.5, 0.6) is 0 Å². The van der Waals surface area contributed by atoms with Crippen LogP contribution in [0.3, 0.4) is 0 Å². The fourth-order valence-electron chi connectivity index (χ4n) is 1.65. The SMILES string of the molecule is CC1=CN2CCN1C(O)C2. The standard InChI is InChI=1S/C7H12N2O/c1-6-4-8-2-3-9(6)7(10)5-8/h4,7,10H,2-3,5H2,1H3. The highest BCUT2D eigenvalue weighted by molar-refractivity contribution is 5.06. The van der Waals surface area contributed by atoms with Gasteiger partial charge in [-0.05, 0) is 6.92 Å². The molecule has 0 aromatic carbocycles. The first kappa shape index (κ1) is 6.04. The van der Waals surface area contributed by atoms with Crippen LogP contribution in [-0.4, -0.2) is 40.8 Å². The smallest absolute Gasteiger partial charge is 0.144 e. The summed E-state index contributed by atoms with van der Waals surface area (Å²) in [5, 5.41) is 9.41. The van der Waals surface area contributed by atoms with Gasteiger partial charge in [-0.1, -0.05) is 0 Å². The number of piperazine rings is 1. The molecular formula is C7H12N2O. The van der Waals surface area contributed by atoms with E-state index in [0.717, 1.165) is 19.6 Å². The lowest BCUT2D eigenvalue weighted by Crippen LogP contribution is -2.54. The molecule has 10 heavy (non-hydrogen) atoms. The van der Waals surface area contributed by atoms with Gasteiger partial charge < -0.3 is 14.9 Å². The predicted molar refractivity (Wildman–Crippen MR) is 38.0 cm³/mol. The number of rotatable bonds is 0. The molecule has 0 radical (unpaired) electrons. The Bertz CT molecular complexity index is 178. The van der Waals surface area contributed by atoms with Crippen molar-refractivity contribution in [2.24, 2.45) is 0 Å². The van der Waals surface area contributed by atoms with E-state index in [1.165, 1.54) is 5.70 Å². The topological polar surface area (TPSA) is 26.7 Å². The van der Waals surface area contributed by atoms with E-state index in [1.807, 2.05) is 11.8 Å². The maximum atomic E-state index is 9.41. The first-order valence-electron chi connectivity index (χ1n) is 3.64. The zero-order valence-electron chi connectivity index (χ0n) is 6.12. The molecule has 1 unspecified atom stereocenters. The summed E-state index contributed by atoms with van der Waals surface area (Å²) in [4.78, 5) is 4.21. The normalized spacial score (nSPS) is 31.0. The molecule has 3 aliphatic rings. The Hall–Kier alpha value is -0.700. The monoisotopic (exact) mass is 140 g/mol. The van der Waals surface area contributed by atoms with Crippen molar-refractivity contribution in [1.29, 1.82) is 0 Å². The molecule has 1 N–H and O–H groups in total. The van der Waals surface area contributed by atoms with Gasteiger partial charge in [-0.25, -0.2) is 0 Å². The molecule has 0 aliphatic carbocycles. The van der Waals surface area contributed by atoms with Gasteiger partial charge in [-0.2, -0.15) is 0 Å². The quantitative estimate of drug-likeness (QED) is 0.504. The van der Waals surface area contributed by atoms with E-state index < -0.39 is 0 Å². The minimum atomic E-state index is -0.265. The van der Waals surface area contributed by atoms with Crippen LogP contribution < -0.4 is 0 Å². The second kappa shape index (κ2) is 1.89. The molecule has 3 heterocycles. The van der Waals surface area contributed by atoms with E-state index in [-0.39, 0.29) is 6.23 Å². The zero-order chi connectivity index (χ0) is 7.14. The second-order valence-corrected chi connectivity index (χ2v) is 2.94. The second-order valence-electron chi connectivity index (χ2n) is 2.94. The van der Waals surface area contributed by atoms with Crippen LogP contribution in [-0.2, 0) is 0 Å².